The van der Waals surface area contributed by atoms with Crippen LogP contribution in [-0.2, 0) is 19.2 Å². The van der Waals surface area contributed by atoms with E-state index in [0.29, 0.717) is 105 Å². The Hall–Kier alpha value is -5.44. The van der Waals surface area contributed by atoms with Crippen molar-refractivity contribution in [1.82, 2.24) is 25.2 Å². The summed E-state index contributed by atoms with van der Waals surface area (Å²) in [5.41, 5.74) is 2.79. The van der Waals surface area contributed by atoms with Crippen molar-refractivity contribution in [2.75, 3.05) is 71.1 Å². The number of carbonyl (C=O) groups is 4. The number of imide groups is 1. The highest BCUT2D eigenvalue weighted by molar-refractivity contribution is 6.32. The molecule has 0 bridgehead atoms. The zero-order valence-electron chi connectivity index (χ0n) is 31.3. The Labute approximate surface area is 330 Å². The molecule has 1 spiro atoms. The maximum absolute atomic E-state index is 14.0. The largest absolute Gasteiger partial charge is 0.511 e. The fraction of sp³-hybridized carbons (Fsp3) is 0.475. The lowest BCUT2D eigenvalue weighted by Crippen LogP contribution is -2.47. The number of nitrogens with one attached hydrogen (secondary N) is 3. The molecule has 7 heterocycles. The molecule has 4 saturated heterocycles. The predicted molar refractivity (Wildman–Crippen MR) is 213 cm³/mol. The van der Waals surface area contributed by atoms with Crippen LogP contribution in [0.4, 0.5) is 34.5 Å². The molecule has 8 rings (SSSR count). The number of piperidine rings is 3. The molecule has 0 aliphatic carbocycles. The van der Waals surface area contributed by atoms with Gasteiger partial charge >= 0.3 is 0 Å². The van der Waals surface area contributed by atoms with Gasteiger partial charge in [-0.3, -0.25) is 29.5 Å². The molecule has 1 atom stereocenters. The number of hydrogen-bond acceptors (Lipinski definition) is 12. The van der Waals surface area contributed by atoms with Crippen molar-refractivity contribution >= 4 is 69.7 Å². The van der Waals surface area contributed by atoms with Crippen molar-refractivity contribution in [3.63, 3.8) is 0 Å². The van der Waals surface area contributed by atoms with Crippen LogP contribution in [0.15, 0.2) is 60.8 Å². The summed E-state index contributed by atoms with van der Waals surface area (Å²) in [6.45, 7) is 4.48. The Balaban J connectivity index is 0.801. The highest BCUT2D eigenvalue weighted by Crippen LogP contribution is 2.44. The molecule has 4 amide bonds. The van der Waals surface area contributed by atoms with Gasteiger partial charge in [0, 0.05) is 63.5 Å². The van der Waals surface area contributed by atoms with Crippen LogP contribution in [0.2, 0.25) is 5.02 Å². The average molecular weight is 783 g/mol. The first-order valence-electron chi connectivity index (χ1n) is 19.5. The quantitative estimate of drug-likeness (QED) is 0.219. The van der Waals surface area contributed by atoms with E-state index in [4.69, 9.17) is 11.6 Å². The van der Waals surface area contributed by atoms with Gasteiger partial charge in [-0.1, -0.05) is 11.6 Å². The molecular weight excluding hydrogens is 736 g/mol. The van der Waals surface area contributed by atoms with E-state index >= 15 is 0 Å². The summed E-state index contributed by atoms with van der Waals surface area (Å²) in [5, 5.41) is 19.2. The average Bonchev–Trinajstić information content (AvgIpc) is 3.51. The standard InChI is InChI=1S/C40H47ClN10O5/c41-32-24-43-39(47-36(32)50-14-1-2-31(52)25-50)45-28-21-30(23-42-22-28)51-19-13-40(38(51)56)11-17-49(18-12-40)35(54)20-26-9-15-48(16-10-26)29-5-3-27(4-6-29)44-33-7-8-34(53)46-37(33)55/h2-6,21-24,26,33,44,52H,1,7-20,25H2,(H,43,45,47)(H,46,53,55). The third kappa shape index (κ3) is 8.08. The minimum Gasteiger partial charge on any atom is -0.511 e. The van der Waals surface area contributed by atoms with Gasteiger partial charge in [0.15, 0.2) is 5.82 Å². The number of aliphatic hydroxyl groups is 1. The number of benzene rings is 1. The van der Waals surface area contributed by atoms with E-state index in [2.05, 4.69) is 35.8 Å². The van der Waals surface area contributed by atoms with Crippen LogP contribution in [-0.4, -0.2) is 100 Å². The van der Waals surface area contributed by atoms with E-state index in [0.717, 1.165) is 43.7 Å². The molecule has 5 aliphatic heterocycles. The number of amides is 4. The van der Waals surface area contributed by atoms with Crippen molar-refractivity contribution < 1.29 is 24.3 Å². The minimum atomic E-state index is -0.485. The van der Waals surface area contributed by atoms with Gasteiger partial charge in [0.25, 0.3) is 0 Å². The number of pyridine rings is 1. The number of aromatic nitrogens is 3. The van der Waals surface area contributed by atoms with Crippen LogP contribution >= 0.6 is 11.6 Å². The van der Waals surface area contributed by atoms with Crippen molar-refractivity contribution in [2.24, 2.45) is 11.3 Å². The summed E-state index contributed by atoms with van der Waals surface area (Å²) in [4.78, 5) is 72.4. The lowest BCUT2D eigenvalue weighted by Gasteiger charge is -2.39. The molecule has 1 unspecified atom stereocenters. The number of aliphatic hydroxyl groups excluding tert-OH is 1. The van der Waals surface area contributed by atoms with Crippen LogP contribution in [0.3, 0.4) is 0 Å². The molecule has 294 valence electrons. The summed E-state index contributed by atoms with van der Waals surface area (Å²) in [5.74, 6) is 1.20. The van der Waals surface area contributed by atoms with Crippen molar-refractivity contribution in [3.8, 4) is 0 Å². The summed E-state index contributed by atoms with van der Waals surface area (Å²) in [6.07, 6.45) is 12.6. The smallest absolute Gasteiger partial charge is 0.249 e. The number of halogens is 1. The fourth-order valence-electron chi connectivity index (χ4n) is 8.61. The molecule has 56 heavy (non-hydrogen) atoms. The highest BCUT2D eigenvalue weighted by Gasteiger charge is 2.49. The Morgan fingerprint density at radius 1 is 0.911 bits per heavy atom. The number of nitrogens with zero attached hydrogens (tertiary/aromatic N) is 7. The predicted octanol–water partition coefficient (Wildman–Crippen LogP) is 4.79. The Morgan fingerprint density at radius 2 is 1.68 bits per heavy atom. The molecule has 5 aliphatic rings. The molecule has 4 N–H and O–H groups in total. The third-order valence-electron chi connectivity index (χ3n) is 11.9. The molecule has 15 nitrogen and oxygen atoms in total. The van der Waals surface area contributed by atoms with Gasteiger partial charge in [-0.15, -0.1) is 0 Å². The lowest BCUT2D eigenvalue weighted by molar-refractivity contribution is -0.138. The van der Waals surface area contributed by atoms with Gasteiger partial charge in [-0.25, -0.2) is 4.98 Å². The van der Waals surface area contributed by atoms with Gasteiger partial charge in [0.2, 0.25) is 29.6 Å². The second kappa shape index (κ2) is 16.0. The Morgan fingerprint density at radius 3 is 2.43 bits per heavy atom. The second-order valence-corrected chi connectivity index (χ2v) is 15.9. The zero-order chi connectivity index (χ0) is 38.8. The van der Waals surface area contributed by atoms with E-state index in [1.165, 1.54) is 6.20 Å². The summed E-state index contributed by atoms with van der Waals surface area (Å²) >= 11 is 6.41. The summed E-state index contributed by atoms with van der Waals surface area (Å²) in [7, 11) is 0. The van der Waals surface area contributed by atoms with Crippen molar-refractivity contribution in [2.45, 2.75) is 63.8 Å². The molecule has 4 fully saturated rings. The molecule has 2 aromatic heterocycles. The highest BCUT2D eigenvalue weighted by atomic mass is 35.5. The maximum Gasteiger partial charge on any atom is 0.249 e. The first-order chi connectivity index (χ1) is 27.1. The normalized spacial score (nSPS) is 21.6. The monoisotopic (exact) mass is 782 g/mol. The number of hydrogen-bond donors (Lipinski definition) is 4. The zero-order valence-corrected chi connectivity index (χ0v) is 32.0. The SMILES string of the molecule is O=C1CCC(Nc2ccc(N3CCC(CC(=O)N4CCC5(CC4)CCN(c4cncc(Nc6ncc(Cl)c(N7CCC=C(O)C7)n6)c4)C5=O)CC3)cc2)C(=O)N1. The topological polar surface area (TPSA) is 176 Å². The minimum absolute atomic E-state index is 0.0821. The van der Waals surface area contributed by atoms with Gasteiger partial charge in [0.05, 0.1) is 41.9 Å². The number of carbonyl (C=O) groups excluding carboxylic acids is 4. The van der Waals surface area contributed by atoms with Crippen LogP contribution in [0.5, 0.6) is 0 Å². The third-order valence-corrected chi connectivity index (χ3v) is 12.2. The van der Waals surface area contributed by atoms with Gasteiger partial charge in [0.1, 0.15) is 16.8 Å². The molecular formula is C40H47ClN10O5. The first-order valence-corrected chi connectivity index (χ1v) is 19.9. The van der Waals surface area contributed by atoms with Crippen LogP contribution in [0.1, 0.15) is 57.8 Å². The maximum atomic E-state index is 14.0. The van der Waals surface area contributed by atoms with Gasteiger partial charge in [-0.05, 0) is 87.3 Å². The van der Waals surface area contributed by atoms with E-state index in [9.17, 15) is 24.3 Å². The van der Waals surface area contributed by atoms with E-state index in [-0.39, 0.29) is 29.4 Å². The van der Waals surface area contributed by atoms with Crippen LogP contribution in [0.25, 0.3) is 0 Å². The number of likely N-dealkylation sites (tertiary alicyclic amines) is 1. The van der Waals surface area contributed by atoms with Crippen molar-refractivity contribution in [3.05, 3.63) is 65.8 Å². The van der Waals surface area contributed by atoms with Gasteiger partial charge in [-0.2, -0.15) is 4.98 Å². The molecule has 16 heteroatoms. The molecule has 1 aromatic carbocycles. The van der Waals surface area contributed by atoms with Crippen LogP contribution in [0, 0.1) is 11.3 Å². The first kappa shape index (κ1) is 37.5. The second-order valence-electron chi connectivity index (χ2n) is 15.5. The summed E-state index contributed by atoms with van der Waals surface area (Å²) < 4.78 is 0. The van der Waals surface area contributed by atoms with Crippen LogP contribution < -0.4 is 30.7 Å². The lowest BCUT2D eigenvalue weighted by atomic mass is 9.77. The molecule has 3 aromatic rings. The van der Waals surface area contributed by atoms with E-state index in [1.807, 2.05) is 45.0 Å². The molecule has 0 saturated carbocycles. The summed E-state index contributed by atoms with van der Waals surface area (Å²) in [6, 6.07) is 9.49. The van der Waals surface area contributed by atoms with E-state index < -0.39 is 11.5 Å². The number of anilines is 6. The van der Waals surface area contributed by atoms with E-state index in [1.54, 1.807) is 18.5 Å². The van der Waals surface area contributed by atoms with Gasteiger partial charge < -0.3 is 35.3 Å². The molecule has 0 radical (unpaired) electrons. The Kier molecular flexibility index (Phi) is 10.7. The van der Waals surface area contributed by atoms with Crippen molar-refractivity contribution in [1.29, 1.82) is 0 Å². The Bertz CT molecular complexity index is 2010. The fourth-order valence-corrected chi connectivity index (χ4v) is 8.82. The number of rotatable bonds is 9.